The Morgan fingerprint density at radius 3 is 2.29 bits per heavy atom. The zero-order valence-electron chi connectivity index (χ0n) is 12.6. The monoisotopic (exact) mass is 297 g/mol. The molecule has 2 aliphatic rings. The molecule has 0 aromatic heterocycles. The first-order chi connectivity index (χ1) is 10.1. The fourth-order valence-electron chi connectivity index (χ4n) is 3.88. The van der Waals surface area contributed by atoms with Gasteiger partial charge in [0.15, 0.2) is 0 Å². The number of aliphatic carboxylic acids is 1. The Balaban J connectivity index is 1.96. The van der Waals surface area contributed by atoms with E-state index in [-0.39, 0.29) is 30.9 Å². The summed E-state index contributed by atoms with van der Waals surface area (Å²) >= 11 is 0. The smallest absolute Gasteiger partial charge is 0.310 e. The molecule has 0 aromatic rings. The van der Waals surface area contributed by atoms with Gasteiger partial charge in [0.2, 0.25) is 5.91 Å². The second-order valence-electron chi connectivity index (χ2n) is 6.72. The molecule has 2 aliphatic carbocycles. The van der Waals surface area contributed by atoms with Gasteiger partial charge in [-0.2, -0.15) is 0 Å². The van der Waals surface area contributed by atoms with E-state index in [4.69, 9.17) is 0 Å². The summed E-state index contributed by atoms with van der Waals surface area (Å²) in [4.78, 5) is 24.0. The van der Waals surface area contributed by atoms with E-state index in [0.717, 1.165) is 44.9 Å². The molecular weight excluding hydrogens is 270 g/mol. The molecule has 5 nitrogen and oxygen atoms in total. The molecule has 2 rings (SSSR count). The number of nitrogens with one attached hydrogen (secondary N) is 1. The minimum Gasteiger partial charge on any atom is -0.481 e. The van der Waals surface area contributed by atoms with E-state index >= 15 is 0 Å². The number of amides is 1. The van der Waals surface area contributed by atoms with Gasteiger partial charge < -0.3 is 15.5 Å². The molecule has 5 heteroatoms. The molecule has 120 valence electrons. The van der Waals surface area contributed by atoms with Crippen molar-refractivity contribution in [1.29, 1.82) is 0 Å². The van der Waals surface area contributed by atoms with E-state index < -0.39 is 11.4 Å². The lowest BCUT2D eigenvalue weighted by atomic mass is 9.77. The minimum absolute atomic E-state index is 0.0131. The average molecular weight is 297 g/mol. The van der Waals surface area contributed by atoms with Gasteiger partial charge in [0.05, 0.1) is 5.41 Å². The lowest BCUT2D eigenvalue weighted by molar-refractivity contribution is -0.153. The van der Waals surface area contributed by atoms with Gasteiger partial charge in [0.1, 0.15) is 0 Å². The van der Waals surface area contributed by atoms with Crippen LogP contribution in [-0.2, 0) is 9.59 Å². The van der Waals surface area contributed by atoms with Crippen molar-refractivity contribution >= 4 is 11.9 Å². The molecule has 0 aromatic carbocycles. The summed E-state index contributed by atoms with van der Waals surface area (Å²) in [6.45, 7) is 0.0923. The maximum absolute atomic E-state index is 12.3. The van der Waals surface area contributed by atoms with Crippen molar-refractivity contribution in [3.8, 4) is 0 Å². The minimum atomic E-state index is -0.881. The highest BCUT2D eigenvalue weighted by atomic mass is 16.4. The third-order valence-electron chi connectivity index (χ3n) is 5.25. The van der Waals surface area contributed by atoms with E-state index in [2.05, 4.69) is 5.32 Å². The van der Waals surface area contributed by atoms with Crippen molar-refractivity contribution < 1.29 is 19.8 Å². The summed E-state index contributed by atoms with van der Waals surface area (Å²) in [7, 11) is 0. The van der Waals surface area contributed by atoms with Crippen LogP contribution in [0.25, 0.3) is 0 Å². The number of carboxylic acid groups (broad SMARTS) is 1. The first kappa shape index (κ1) is 16.3. The lowest BCUT2D eigenvalue weighted by Gasteiger charge is -2.28. The first-order valence-electron chi connectivity index (χ1n) is 8.21. The second kappa shape index (κ2) is 7.25. The summed E-state index contributed by atoms with van der Waals surface area (Å²) in [6.07, 6.45) is 8.02. The third-order valence-corrected chi connectivity index (χ3v) is 5.25. The highest BCUT2D eigenvalue weighted by Gasteiger charge is 2.41. The molecule has 0 saturated heterocycles. The predicted molar refractivity (Wildman–Crippen MR) is 78.7 cm³/mol. The molecule has 0 bridgehead atoms. The Labute approximate surface area is 126 Å². The molecule has 0 aliphatic heterocycles. The van der Waals surface area contributed by atoms with Crippen LogP contribution in [0.1, 0.15) is 64.2 Å². The lowest BCUT2D eigenvalue weighted by Crippen LogP contribution is -2.43. The molecule has 1 amide bonds. The van der Waals surface area contributed by atoms with Gasteiger partial charge in [0.25, 0.3) is 0 Å². The van der Waals surface area contributed by atoms with Crippen LogP contribution >= 0.6 is 0 Å². The number of carboxylic acids is 1. The number of carbonyl (C=O) groups excluding carboxylic acids is 1. The molecule has 2 unspecified atom stereocenters. The van der Waals surface area contributed by atoms with Crippen molar-refractivity contribution in [3.05, 3.63) is 0 Å². The van der Waals surface area contributed by atoms with Gasteiger partial charge in [-0.15, -0.1) is 0 Å². The van der Waals surface area contributed by atoms with Gasteiger partial charge >= 0.3 is 5.97 Å². The second-order valence-corrected chi connectivity index (χ2v) is 6.72. The summed E-state index contributed by atoms with van der Waals surface area (Å²) in [5.74, 6) is -0.863. The molecule has 0 heterocycles. The topological polar surface area (TPSA) is 86.6 Å². The Hall–Kier alpha value is -1.10. The van der Waals surface area contributed by atoms with Crippen LogP contribution in [-0.4, -0.2) is 34.7 Å². The Morgan fingerprint density at radius 2 is 1.71 bits per heavy atom. The predicted octanol–water partition coefficient (Wildman–Crippen LogP) is 2.08. The van der Waals surface area contributed by atoms with Gasteiger partial charge in [-0.25, -0.2) is 0 Å². The summed E-state index contributed by atoms with van der Waals surface area (Å²) < 4.78 is 0. The van der Waals surface area contributed by atoms with E-state index in [0.29, 0.717) is 12.8 Å². The normalized spacial score (nSPS) is 28.8. The van der Waals surface area contributed by atoms with Crippen molar-refractivity contribution in [2.75, 3.05) is 6.61 Å². The first-order valence-corrected chi connectivity index (χ1v) is 8.21. The number of carbonyl (C=O) groups is 2. The Morgan fingerprint density at radius 1 is 1.05 bits per heavy atom. The van der Waals surface area contributed by atoms with Crippen molar-refractivity contribution in [2.45, 2.75) is 70.3 Å². The van der Waals surface area contributed by atoms with Crippen molar-refractivity contribution in [1.82, 2.24) is 5.32 Å². The number of hydrogen-bond donors (Lipinski definition) is 3. The van der Waals surface area contributed by atoms with E-state index in [1.165, 1.54) is 0 Å². The van der Waals surface area contributed by atoms with Crippen LogP contribution < -0.4 is 5.32 Å². The quantitative estimate of drug-likeness (QED) is 0.678. The molecule has 0 radical (unpaired) electrons. The van der Waals surface area contributed by atoms with Gasteiger partial charge in [-0.05, 0) is 25.7 Å². The van der Waals surface area contributed by atoms with Gasteiger partial charge in [-0.1, -0.05) is 32.1 Å². The number of aliphatic hydroxyl groups excluding tert-OH is 1. The van der Waals surface area contributed by atoms with Crippen LogP contribution in [0.15, 0.2) is 0 Å². The van der Waals surface area contributed by atoms with E-state index in [1.54, 1.807) is 0 Å². The largest absolute Gasteiger partial charge is 0.481 e. The Bertz CT molecular complexity index is 374. The third kappa shape index (κ3) is 3.96. The standard InChI is InChI=1S/C16H27NO4/c18-11-12-6-5-7-13(12)17-14(19)10-16(15(20)21)8-3-1-2-4-9-16/h12-13,18H,1-11H2,(H,17,19)(H,20,21). The molecule has 2 saturated carbocycles. The van der Waals surface area contributed by atoms with Crippen LogP contribution in [0.4, 0.5) is 0 Å². The number of rotatable bonds is 5. The summed E-state index contributed by atoms with van der Waals surface area (Å²) in [5.41, 5.74) is -0.881. The van der Waals surface area contributed by atoms with Crippen molar-refractivity contribution in [3.63, 3.8) is 0 Å². The van der Waals surface area contributed by atoms with Gasteiger partial charge in [-0.3, -0.25) is 9.59 Å². The van der Waals surface area contributed by atoms with Crippen LogP contribution in [0.5, 0.6) is 0 Å². The maximum Gasteiger partial charge on any atom is 0.310 e. The fraction of sp³-hybridized carbons (Fsp3) is 0.875. The molecule has 0 spiro atoms. The van der Waals surface area contributed by atoms with Crippen LogP contribution in [0, 0.1) is 11.3 Å². The van der Waals surface area contributed by atoms with Crippen LogP contribution in [0.3, 0.4) is 0 Å². The summed E-state index contributed by atoms with van der Waals surface area (Å²) in [5, 5.41) is 21.9. The molecule has 2 atom stereocenters. The SMILES string of the molecule is O=C(CC1(C(=O)O)CCCCCC1)NC1CCCC1CO. The zero-order valence-corrected chi connectivity index (χ0v) is 12.6. The zero-order chi connectivity index (χ0) is 15.3. The number of aliphatic hydroxyl groups is 1. The molecular formula is C16H27NO4. The van der Waals surface area contributed by atoms with E-state index in [9.17, 15) is 19.8 Å². The molecule has 3 N–H and O–H groups in total. The van der Waals surface area contributed by atoms with Gasteiger partial charge in [0, 0.05) is 25.0 Å². The average Bonchev–Trinajstić information content (AvgIpc) is 2.74. The Kier molecular flexibility index (Phi) is 5.62. The number of hydrogen-bond acceptors (Lipinski definition) is 3. The summed E-state index contributed by atoms with van der Waals surface area (Å²) in [6, 6.07) is 0.0131. The van der Waals surface area contributed by atoms with Crippen molar-refractivity contribution in [2.24, 2.45) is 11.3 Å². The highest BCUT2D eigenvalue weighted by Crippen LogP contribution is 2.38. The van der Waals surface area contributed by atoms with Crippen LogP contribution in [0.2, 0.25) is 0 Å². The maximum atomic E-state index is 12.3. The molecule has 2 fully saturated rings. The van der Waals surface area contributed by atoms with E-state index in [1.807, 2.05) is 0 Å². The molecule has 21 heavy (non-hydrogen) atoms. The highest BCUT2D eigenvalue weighted by molar-refractivity contribution is 5.85. The fourth-order valence-corrected chi connectivity index (χ4v) is 3.88.